The van der Waals surface area contributed by atoms with E-state index < -0.39 is 0 Å². The quantitative estimate of drug-likeness (QED) is 0.927. The van der Waals surface area contributed by atoms with Crippen molar-refractivity contribution in [2.24, 2.45) is 0 Å². The molecule has 2 aromatic rings. The first-order chi connectivity index (χ1) is 9.51. The third-order valence-corrected chi connectivity index (χ3v) is 3.37. The van der Waals surface area contributed by atoms with Crippen molar-refractivity contribution in [3.05, 3.63) is 45.3 Å². The molecular formula is C14H15BrN2O3. The summed E-state index contributed by atoms with van der Waals surface area (Å²) in [6.45, 7) is 4.22. The van der Waals surface area contributed by atoms with Gasteiger partial charge in [0.1, 0.15) is 6.61 Å². The van der Waals surface area contributed by atoms with Gasteiger partial charge in [-0.25, -0.2) is 0 Å². The van der Waals surface area contributed by atoms with Gasteiger partial charge in [0.25, 0.3) is 5.91 Å². The molecule has 1 amide bonds. The number of carbonyl (C=O) groups is 1. The minimum absolute atomic E-state index is 0.226. The van der Waals surface area contributed by atoms with Crippen molar-refractivity contribution in [2.45, 2.75) is 20.5 Å². The number of nitrogens with one attached hydrogen (secondary N) is 1. The molecular weight excluding hydrogens is 324 g/mol. The fourth-order valence-electron chi connectivity index (χ4n) is 1.88. The number of nitrogens with zero attached hydrogens (tertiary/aromatic N) is 1. The van der Waals surface area contributed by atoms with Gasteiger partial charge in [-0.3, -0.25) is 4.79 Å². The van der Waals surface area contributed by atoms with Crippen molar-refractivity contribution in [1.29, 1.82) is 0 Å². The molecule has 1 aromatic carbocycles. The van der Waals surface area contributed by atoms with Crippen LogP contribution in [0.1, 0.15) is 27.4 Å². The molecule has 1 aromatic heterocycles. The number of carbonyl (C=O) groups excluding carboxylic acids is 1. The van der Waals surface area contributed by atoms with Gasteiger partial charge in [-0.05, 0) is 47.0 Å². The van der Waals surface area contributed by atoms with Crippen LogP contribution < -0.4 is 5.32 Å². The van der Waals surface area contributed by atoms with E-state index in [1.54, 1.807) is 13.2 Å². The average molecular weight is 339 g/mol. The lowest BCUT2D eigenvalue weighted by Gasteiger charge is -2.10. The summed E-state index contributed by atoms with van der Waals surface area (Å²) < 4.78 is 10.8. The summed E-state index contributed by atoms with van der Waals surface area (Å²) in [5, 5.41) is 6.55. The predicted octanol–water partition coefficient (Wildman–Crippen LogP) is 3.45. The lowest BCUT2D eigenvalue weighted by atomic mass is 10.1. The molecule has 6 heteroatoms. The second-order valence-corrected chi connectivity index (χ2v) is 5.36. The van der Waals surface area contributed by atoms with Crippen LogP contribution in [0.15, 0.2) is 27.2 Å². The van der Waals surface area contributed by atoms with Crippen molar-refractivity contribution in [1.82, 2.24) is 5.16 Å². The fourth-order valence-corrected chi connectivity index (χ4v) is 2.65. The van der Waals surface area contributed by atoms with E-state index in [1.807, 2.05) is 26.0 Å². The molecule has 2 rings (SSSR count). The van der Waals surface area contributed by atoms with Gasteiger partial charge in [-0.15, -0.1) is 0 Å². The van der Waals surface area contributed by atoms with Crippen LogP contribution in [0.2, 0.25) is 0 Å². The summed E-state index contributed by atoms with van der Waals surface area (Å²) in [7, 11) is 1.55. The molecule has 0 spiro atoms. The summed E-state index contributed by atoms with van der Waals surface area (Å²) >= 11 is 3.45. The van der Waals surface area contributed by atoms with Gasteiger partial charge in [0.15, 0.2) is 11.5 Å². The molecule has 0 aliphatic carbocycles. The van der Waals surface area contributed by atoms with Gasteiger partial charge >= 0.3 is 0 Å². The molecule has 1 heterocycles. The number of benzene rings is 1. The van der Waals surface area contributed by atoms with Crippen LogP contribution in [-0.4, -0.2) is 18.2 Å². The van der Waals surface area contributed by atoms with Gasteiger partial charge in [-0.1, -0.05) is 11.2 Å². The molecule has 1 N–H and O–H groups in total. The summed E-state index contributed by atoms with van der Waals surface area (Å²) in [5.41, 5.74) is 3.06. The Morgan fingerprint density at radius 2 is 2.15 bits per heavy atom. The molecule has 0 aliphatic heterocycles. The maximum atomic E-state index is 12.1. The zero-order chi connectivity index (χ0) is 14.7. The Bertz CT molecular complexity index is 614. The van der Waals surface area contributed by atoms with E-state index in [-0.39, 0.29) is 18.2 Å². The zero-order valence-electron chi connectivity index (χ0n) is 11.5. The fraction of sp³-hybridized carbons (Fsp3) is 0.286. The summed E-state index contributed by atoms with van der Waals surface area (Å²) in [6.07, 6.45) is 0. The number of rotatable bonds is 4. The molecule has 0 saturated heterocycles. The molecule has 0 saturated carbocycles. The van der Waals surface area contributed by atoms with Crippen LogP contribution in [0.3, 0.4) is 0 Å². The van der Waals surface area contributed by atoms with Crippen LogP contribution in [0.4, 0.5) is 5.69 Å². The van der Waals surface area contributed by atoms with E-state index in [4.69, 9.17) is 9.26 Å². The Balaban J connectivity index is 2.19. The highest BCUT2D eigenvalue weighted by molar-refractivity contribution is 9.10. The predicted molar refractivity (Wildman–Crippen MR) is 78.8 cm³/mol. The number of hydrogen-bond donors (Lipinski definition) is 1. The zero-order valence-corrected chi connectivity index (χ0v) is 13.1. The number of amides is 1. The van der Waals surface area contributed by atoms with Gasteiger partial charge in [0.2, 0.25) is 0 Å². The molecule has 0 bridgehead atoms. The van der Waals surface area contributed by atoms with E-state index in [0.717, 1.165) is 21.3 Å². The van der Waals surface area contributed by atoms with Gasteiger partial charge < -0.3 is 14.6 Å². The average Bonchev–Trinajstić information content (AvgIpc) is 2.82. The van der Waals surface area contributed by atoms with Crippen LogP contribution in [0, 0.1) is 13.8 Å². The van der Waals surface area contributed by atoms with Crippen LogP contribution in [-0.2, 0) is 11.3 Å². The third-order valence-electron chi connectivity index (χ3n) is 2.75. The Hall–Kier alpha value is -1.66. The first kappa shape index (κ1) is 14.7. The summed E-state index contributed by atoms with van der Waals surface area (Å²) in [5.74, 6) is 0.195. The smallest absolute Gasteiger partial charge is 0.277 e. The topological polar surface area (TPSA) is 64.4 Å². The van der Waals surface area contributed by atoms with Gasteiger partial charge in [0, 0.05) is 17.6 Å². The maximum absolute atomic E-state index is 12.1. The molecule has 0 fully saturated rings. The van der Waals surface area contributed by atoms with E-state index in [2.05, 4.69) is 26.4 Å². The second kappa shape index (κ2) is 6.19. The minimum atomic E-state index is -0.316. The molecule has 0 aliphatic rings. The monoisotopic (exact) mass is 338 g/mol. The Morgan fingerprint density at radius 3 is 2.80 bits per heavy atom. The van der Waals surface area contributed by atoms with Crippen molar-refractivity contribution >= 4 is 27.5 Å². The van der Waals surface area contributed by atoms with Gasteiger partial charge in [0.05, 0.1) is 5.69 Å². The van der Waals surface area contributed by atoms with E-state index in [0.29, 0.717) is 5.76 Å². The van der Waals surface area contributed by atoms with E-state index in [9.17, 15) is 4.79 Å². The first-order valence-electron chi connectivity index (χ1n) is 6.04. The van der Waals surface area contributed by atoms with Crippen molar-refractivity contribution in [3.63, 3.8) is 0 Å². The van der Waals surface area contributed by atoms with E-state index >= 15 is 0 Å². The molecule has 106 valence electrons. The number of aromatic nitrogens is 1. The number of methoxy groups -OCH3 is 1. The minimum Gasteiger partial charge on any atom is -0.377 e. The Labute approximate surface area is 125 Å². The number of hydrogen-bond acceptors (Lipinski definition) is 4. The lowest BCUT2D eigenvalue weighted by Crippen LogP contribution is -2.13. The Kier molecular flexibility index (Phi) is 4.57. The highest BCUT2D eigenvalue weighted by Crippen LogP contribution is 2.28. The van der Waals surface area contributed by atoms with Crippen molar-refractivity contribution in [3.8, 4) is 0 Å². The highest BCUT2D eigenvalue weighted by Gasteiger charge is 2.15. The molecule has 0 radical (unpaired) electrons. The third kappa shape index (κ3) is 3.26. The van der Waals surface area contributed by atoms with Crippen LogP contribution >= 0.6 is 15.9 Å². The Morgan fingerprint density at radius 1 is 1.40 bits per heavy atom. The summed E-state index contributed by atoms with van der Waals surface area (Å²) in [6, 6.07) is 5.51. The van der Waals surface area contributed by atoms with Crippen molar-refractivity contribution in [2.75, 3.05) is 12.4 Å². The summed E-state index contributed by atoms with van der Waals surface area (Å²) in [4.78, 5) is 12.1. The number of halogens is 1. The largest absolute Gasteiger partial charge is 0.377 e. The molecule has 20 heavy (non-hydrogen) atoms. The SMILES string of the molecule is COCc1cc(C(=O)Nc2c(C)cc(C)cc2Br)no1. The van der Waals surface area contributed by atoms with E-state index in [1.165, 1.54) is 0 Å². The number of ether oxygens (including phenoxy) is 1. The molecule has 5 nitrogen and oxygen atoms in total. The molecule has 0 atom stereocenters. The van der Waals surface area contributed by atoms with Crippen molar-refractivity contribution < 1.29 is 14.1 Å². The first-order valence-corrected chi connectivity index (χ1v) is 6.83. The maximum Gasteiger partial charge on any atom is 0.277 e. The normalized spacial score (nSPS) is 10.6. The number of aryl methyl sites for hydroxylation is 2. The highest BCUT2D eigenvalue weighted by atomic mass is 79.9. The van der Waals surface area contributed by atoms with Crippen LogP contribution in [0.5, 0.6) is 0 Å². The number of anilines is 1. The second-order valence-electron chi connectivity index (χ2n) is 4.50. The lowest BCUT2D eigenvalue weighted by molar-refractivity contribution is 0.101. The standard InChI is InChI=1S/C14H15BrN2O3/c1-8-4-9(2)13(11(15)5-8)16-14(18)12-6-10(7-19-3)20-17-12/h4-6H,7H2,1-3H3,(H,16,18). The molecule has 0 unspecified atom stereocenters. The van der Waals surface area contributed by atoms with Crippen LogP contribution in [0.25, 0.3) is 0 Å². The van der Waals surface area contributed by atoms with Gasteiger partial charge in [-0.2, -0.15) is 0 Å².